The summed E-state index contributed by atoms with van der Waals surface area (Å²) in [5, 5.41) is 0. The molecular weight excluding hydrogens is 110 g/mol. The summed E-state index contributed by atoms with van der Waals surface area (Å²) in [5.74, 6) is -2.64. The van der Waals surface area contributed by atoms with E-state index in [9.17, 15) is 8.78 Å². The van der Waals surface area contributed by atoms with Crippen molar-refractivity contribution in [3.05, 3.63) is 11.6 Å². The third kappa shape index (κ3) is 5.60. The van der Waals surface area contributed by atoms with E-state index in [0.29, 0.717) is 5.57 Å². The van der Waals surface area contributed by atoms with Crippen LogP contribution in [0.5, 0.6) is 0 Å². The molecule has 0 aliphatic heterocycles. The number of halogens is 2. The molecule has 0 aliphatic rings. The third-order valence-corrected chi connectivity index (χ3v) is 0.542. The Morgan fingerprint density at radius 1 is 1.38 bits per heavy atom. The summed E-state index contributed by atoms with van der Waals surface area (Å²) in [6.07, 6.45) is 0.938. The minimum absolute atomic E-state index is 0.650. The van der Waals surface area contributed by atoms with Crippen LogP contribution in [0.2, 0.25) is 0 Å². The van der Waals surface area contributed by atoms with E-state index in [2.05, 4.69) is 0 Å². The summed E-state index contributed by atoms with van der Waals surface area (Å²) in [4.78, 5) is 0. The van der Waals surface area contributed by atoms with Crippen LogP contribution in [0.3, 0.4) is 0 Å². The van der Waals surface area contributed by atoms with Crippen LogP contribution < -0.4 is 0 Å². The predicted molar refractivity (Wildman–Crippen MR) is 30.1 cm³/mol. The molecule has 0 aromatic carbocycles. The molecule has 0 rings (SSSR count). The van der Waals surface area contributed by atoms with Crippen LogP contribution in [0.15, 0.2) is 11.6 Å². The molecule has 0 radical (unpaired) electrons. The van der Waals surface area contributed by atoms with E-state index in [1.807, 2.05) is 0 Å². The zero-order valence-corrected chi connectivity index (χ0v) is 5.33. The Hall–Kier alpha value is -0.400. The summed E-state index contributed by atoms with van der Waals surface area (Å²) in [6, 6.07) is 0. The summed E-state index contributed by atoms with van der Waals surface area (Å²) < 4.78 is 23.8. The molecule has 0 heterocycles. The van der Waals surface area contributed by atoms with E-state index in [0.717, 1.165) is 13.0 Å². The minimum Gasteiger partial charge on any atom is -0.202 e. The lowest BCUT2D eigenvalue weighted by molar-refractivity contribution is 0.0766. The van der Waals surface area contributed by atoms with E-state index in [1.54, 1.807) is 13.8 Å². The Balaban J connectivity index is 3.89. The molecule has 48 valence electrons. The lowest BCUT2D eigenvalue weighted by Crippen LogP contribution is -2.03. The number of rotatable bonds is 1. The van der Waals surface area contributed by atoms with Gasteiger partial charge in [-0.15, -0.1) is 0 Å². The quantitative estimate of drug-likeness (QED) is 0.466. The van der Waals surface area contributed by atoms with Crippen LogP contribution in [0.25, 0.3) is 0 Å². The molecule has 0 saturated carbocycles. The summed E-state index contributed by atoms with van der Waals surface area (Å²) in [7, 11) is 0. The van der Waals surface area contributed by atoms with Gasteiger partial charge >= 0.3 is 0 Å². The molecular formula is C6H10F2. The van der Waals surface area contributed by atoms with Crippen molar-refractivity contribution in [3.8, 4) is 0 Å². The maximum atomic E-state index is 11.9. The normalized spacial score (nSPS) is 11.1. The zero-order chi connectivity index (χ0) is 6.78. The minimum atomic E-state index is -2.64. The molecule has 0 amide bonds. The lowest BCUT2D eigenvalue weighted by Gasteiger charge is -2.02. The van der Waals surface area contributed by atoms with E-state index in [-0.39, 0.29) is 0 Å². The van der Waals surface area contributed by atoms with E-state index in [1.165, 1.54) is 0 Å². The van der Waals surface area contributed by atoms with Crippen LogP contribution in [-0.2, 0) is 0 Å². The second-order valence-electron chi connectivity index (χ2n) is 2.18. The first-order valence-corrected chi connectivity index (χ1v) is 2.46. The molecule has 0 fully saturated rings. The zero-order valence-electron chi connectivity index (χ0n) is 5.33. The van der Waals surface area contributed by atoms with Crippen LogP contribution in [0.4, 0.5) is 8.78 Å². The van der Waals surface area contributed by atoms with Crippen molar-refractivity contribution in [3.63, 3.8) is 0 Å². The molecule has 0 N–H and O–H groups in total. The SMILES string of the molecule is CC(C)=CC(C)(F)F. The highest BCUT2D eigenvalue weighted by molar-refractivity contribution is 5.00. The molecule has 8 heavy (non-hydrogen) atoms. The van der Waals surface area contributed by atoms with Gasteiger partial charge in [0.1, 0.15) is 0 Å². The highest BCUT2D eigenvalue weighted by atomic mass is 19.3. The Labute approximate surface area is 48.2 Å². The van der Waals surface area contributed by atoms with Crippen molar-refractivity contribution in [1.29, 1.82) is 0 Å². The fourth-order valence-corrected chi connectivity index (χ4v) is 0.507. The summed E-state index contributed by atoms with van der Waals surface area (Å²) in [6.45, 7) is 4.18. The third-order valence-electron chi connectivity index (χ3n) is 0.542. The van der Waals surface area contributed by atoms with Gasteiger partial charge in [-0.3, -0.25) is 0 Å². The number of hydrogen-bond donors (Lipinski definition) is 0. The van der Waals surface area contributed by atoms with Crippen LogP contribution >= 0.6 is 0 Å². The molecule has 0 aromatic rings. The molecule has 0 saturated heterocycles. The van der Waals surface area contributed by atoms with Crippen LogP contribution in [-0.4, -0.2) is 5.92 Å². The summed E-state index contributed by atoms with van der Waals surface area (Å²) in [5.41, 5.74) is 0.650. The van der Waals surface area contributed by atoms with Crippen molar-refractivity contribution < 1.29 is 8.78 Å². The average Bonchev–Trinajstić information content (AvgIpc) is 1.21. The maximum Gasteiger partial charge on any atom is 0.263 e. The second-order valence-corrected chi connectivity index (χ2v) is 2.18. The Morgan fingerprint density at radius 3 is 1.75 bits per heavy atom. The molecule has 0 bridgehead atoms. The maximum absolute atomic E-state index is 11.9. The van der Waals surface area contributed by atoms with Gasteiger partial charge in [0, 0.05) is 6.92 Å². The number of hydrogen-bond acceptors (Lipinski definition) is 0. The summed E-state index contributed by atoms with van der Waals surface area (Å²) >= 11 is 0. The van der Waals surface area contributed by atoms with Gasteiger partial charge in [-0.2, -0.15) is 0 Å². The second kappa shape index (κ2) is 2.25. The van der Waals surface area contributed by atoms with Crippen molar-refractivity contribution in [2.24, 2.45) is 0 Å². The van der Waals surface area contributed by atoms with Gasteiger partial charge in [0.25, 0.3) is 5.92 Å². The number of allylic oxidation sites excluding steroid dienone is 2. The highest BCUT2D eigenvalue weighted by Gasteiger charge is 2.15. The van der Waals surface area contributed by atoms with Gasteiger partial charge in [-0.05, 0) is 19.9 Å². The van der Waals surface area contributed by atoms with Crippen LogP contribution in [0.1, 0.15) is 20.8 Å². The fourth-order valence-electron chi connectivity index (χ4n) is 0.507. The van der Waals surface area contributed by atoms with Crippen molar-refractivity contribution in [2.45, 2.75) is 26.7 Å². The standard InChI is InChI=1S/C6H10F2/c1-5(2)4-6(3,7)8/h4H,1-3H3. The first-order valence-electron chi connectivity index (χ1n) is 2.46. The average molecular weight is 120 g/mol. The lowest BCUT2D eigenvalue weighted by atomic mass is 10.2. The van der Waals surface area contributed by atoms with Crippen LogP contribution in [0, 0.1) is 0 Å². The van der Waals surface area contributed by atoms with Gasteiger partial charge in [0.15, 0.2) is 0 Å². The molecule has 0 aromatic heterocycles. The van der Waals surface area contributed by atoms with Crippen molar-refractivity contribution in [1.82, 2.24) is 0 Å². The van der Waals surface area contributed by atoms with Crippen molar-refractivity contribution in [2.75, 3.05) is 0 Å². The Morgan fingerprint density at radius 2 is 1.75 bits per heavy atom. The first-order chi connectivity index (χ1) is 3.42. The van der Waals surface area contributed by atoms with Gasteiger partial charge in [-0.25, -0.2) is 8.78 Å². The van der Waals surface area contributed by atoms with E-state index < -0.39 is 5.92 Å². The topological polar surface area (TPSA) is 0 Å². The number of alkyl halides is 2. The fraction of sp³-hybridized carbons (Fsp3) is 0.667. The molecule has 0 spiro atoms. The Kier molecular flexibility index (Phi) is 2.13. The molecule has 2 heteroatoms. The highest BCUT2D eigenvalue weighted by Crippen LogP contribution is 2.14. The first kappa shape index (κ1) is 7.60. The van der Waals surface area contributed by atoms with Gasteiger partial charge in [0.2, 0.25) is 0 Å². The predicted octanol–water partition coefficient (Wildman–Crippen LogP) is 2.61. The van der Waals surface area contributed by atoms with Gasteiger partial charge < -0.3 is 0 Å². The molecule has 0 nitrogen and oxygen atoms in total. The van der Waals surface area contributed by atoms with Gasteiger partial charge in [-0.1, -0.05) is 5.57 Å². The Bertz CT molecular complexity index is 93.6. The van der Waals surface area contributed by atoms with Crippen molar-refractivity contribution >= 4 is 0 Å². The molecule has 0 unspecified atom stereocenters. The largest absolute Gasteiger partial charge is 0.263 e. The molecule has 0 aliphatic carbocycles. The van der Waals surface area contributed by atoms with Gasteiger partial charge in [0.05, 0.1) is 0 Å². The van der Waals surface area contributed by atoms with E-state index in [4.69, 9.17) is 0 Å². The molecule has 0 atom stereocenters. The smallest absolute Gasteiger partial charge is 0.202 e. The van der Waals surface area contributed by atoms with E-state index >= 15 is 0 Å². The monoisotopic (exact) mass is 120 g/mol.